The van der Waals surface area contributed by atoms with Crippen LogP contribution >= 0.6 is 11.3 Å². The van der Waals surface area contributed by atoms with Crippen molar-refractivity contribution in [3.63, 3.8) is 0 Å². The molecule has 6 nitrogen and oxygen atoms in total. The Morgan fingerprint density at radius 2 is 1.94 bits per heavy atom. The van der Waals surface area contributed by atoms with Crippen LogP contribution in [0.1, 0.15) is 48.0 Å². The number of likely N-dealkylation sites (tertiary alicyclic amines) is 1. The molecule has 4 rings (SSSR count). The van der Waals surface area contributed by atoms with Gasteiger partial charge in [-0.2, -0.15) is 0 Å². The smallest absolute Gasteiger partial charge is 0.138 e. The molecular weight excluding hydrogens is 430 g/mol. The number of nitrogens with zero attached hydrogens (tertiary/aromatic N) is 4. The predicted octanol–water partition coefficient (Wildman–Crippen LogP) is 5.24. The van der Waals surface area contributed by atoms with Gasteiger partial charge in [0.2, 0.25) is 0 Å². The molecule has 1 N–H and O–H groups in total. The first-order valence-corrected chi connectivity index (χ1v) is 12.9. The number of hydrogen-bond acceptors (Lipinski definition) is 7. The highest BCUT2D eigenvalue weighted by atomic mass is 32.1. The molecule has 3 heterocycles. The number of fused-ring (bicyclic) bond motifs is 1. The van der Waals surface area contributed by atoms with Crippen LogP contribution in [0.15, 0.2) is 24.3 Å². The third-order valence-electron chi connectivity index (χ3n) is 6.04. The van der Waals surface area contributed by atoms with Crippen LogP contribution in [0.2, 0.25) is 0 Å². The van der Waals surface area contributed by atoms with Gasteiger partial charge in [0.25, 0.3) is 0 Å². The fourth-order valence-corrected chi connectivity index (χ4v) is 5.42. The third-order valence-corrected chi connectivity index (χ3v) is 6.98. The van der Waals surface area contributed by atoms with E-state index < -0.39 is 0 Å². The van der Waals surface area contributed by atoms with E-state index in [-0.39, 0.29) is 0 Å². The van der Waals surface area contributed by atoms with Crippen LogP contribution in [0.4, 0.5) is 5.82 Å². The lowest BCUT2D eigenvalue weighted by Crippen LogP contribution is -2.38. The van der Waals surface area contributed by atoms with Crippen molar-refractivity contribution in [2.45, 2.75) is 59.2 Å². The Bertz CT molecular complexity index is 1070. The van der Waals surface area contributed by atoms with E-state index in [2.05, 4.69) is 72.3 Å². The Labute approximate surface area is 202 Å². The van der Waals surface area contributed by atoms with Gasteiger partial charge in [-0.15, -0.1) is 11.3 Å². The minimum Gasteiger partial charge on any atom is -0.493 e. The number of ether oxygens (including phenoxy) is 1. The molecule has 1 aliphatic rings. The Balaban J connectivity index is 1.37. The van der Waals surface area contributed by atoms with E-state index in [0.29, 0.717) is 6.04 Å². The van der Waals surface area contributed by atoms with Crippen molar-refractivity contribution in [2.75, 3.05) is 39.1 Å². The summed E-state index contributed by atoms with van der Waals surface area (Å²) in [6.45, 7) is 11.1. The van der Waals surface area contributed by atoms with Crippen LogP contribution in [0.3, 0.4) is 0 Å². The molecule has 1 aromatic carbocycles. The second kappa shape index (κ2) is 10.8. The maximum atomic E-state index is 5.99. The second-order valence-corrected chi connectivity index (χ2v) is 10.7. The molecule has 33 heavy (non-hydrogen) atoms. The number of anilines is 1. The topological polar surface area (TPSA) is 53.5 Å². The monoisotopic (exact) mass is 467 g/mol. The van der Waals surface area contributed by atoms with Crippen LogP contribution in [0.25, 0.3) is 10.2 Å². The van der Waals surface area contributed by atoms with Crippen molar-refractivity contribution >= 4 is 27.4 Å². The minimum atomic E-state index is 0.452. The molecule has 0 unspecified atom stereocenters. The first kappa shape index (κ1) is 23.9. The summed E-state index contributed by atoms with van der Waals surface area (Å²) < 4.78 is 5.99. The van der Waals surface area contributed by atoms with Crippen molar-refractivity contribution < 1.29 is 4.74 Å². The highest BCUT2D eigenvalue weighted by Gasteiger charge is 2.21. The first-order valence-electron chi connectivity index (χ1n) is 12.0. The fraction of sp³-hybridized carbons (Fsp3) is 0.538. The summed E-state index contributed by atoms with van der Waals surface area (Å²) in [6.07, 6.45) is 3.27. The van der Waals surface area contributed by atoms with Crippen molar-refractivity contribution in [2.24, 2.45) is 0 Å². The van der Waals surface area contributed by atoms with Gasteiger partial charge < -0.3 is 15.0 Å². The van der Waals surface area contributed by atoms with Gasteiger partial charge in [-0.25, -0.2) is 9.97 Å². The first-order chi connectivity index (χ1) is 15.9. The fourth-order valence-electron chi connectivity index (χ4n) is 4.49. The molecule has 0 saturated carbocycles. The molecule has 1 aliphatic heterocycles. The number of hydrogen-bond donors (Lipinski definition) is 1. The lowest BCUT2D eigenvalue weighted by atomic mass is 10.0. The minimum absolute atomic E-state index is 0.452. The Kier molecular flexibility index (Phi) is 7.83. The van der Waals surface area contributed by atoms with Crippen LogP contribution < -0.4 is 10.1 Å². The molecule has 1 saturated heterocycles. The lowest BCUT2D eigenvalue weighted by Gasteiger charge is -2.33. The molecular formula is C26H37N5OS. The number of aromatic nitrogens is 2. The van der Waals surface area contributed by atoms with Gasteiger partial charge in [0, 0.05) is 42.7 Å². The quantitative estimate of drug-likeness (QED) is 0.465. The van der Waals surface area contributed by atoms with E-state index in [1.165, 1.54) is 16.0 Å². The standard InChI is InChI=1S/C26H37N5OS/c1-6-13-32-24-8-7-20(15-21(24)17-30(4)5)16-31-11-9-22(10-12-31)29-25-23-14-18(2)33-26(23)28-19(3)27-25/h7-8,14-15,22H,6,9-13,16-17H2,1-5H3,(H,27,28,29). The number of nitrogens with one attached hydrogen (secondary N) is 1. The number of benzene rings is 1. The molecule has 0 atom stereocenters. The summed E-state index contributed by atoms with van der Waals surface area (Å²) in [5, 5.41) is 4.88. The molecule has 0 aliphatic carbocycles. The predicted molar refractivity (Wildman–Crippen MR) is 138 cm³/mol. The Morgan fingerprint density at radius 1 is 1.15 bits per heavy atom. The normalized spacial score (nSPS) is 15.5. The number of aryl methyl sites for hydroxylation is 2. The van der Waals surface area contributed by atoms with Crippen molar-refractivity contribution in [1.82, 2.24) is 19.8 Å². The van der Waals surface area contributed by atoms with Gasteiger partial charge in [0.05, 0.1) is 12.0 Å². The van der Waals surface area contributed by atoms with Crippen molar-refractivity contribution in [3.05, 3.63) is 46.1 Å². The molecule has 0 bridgehead atoms. The molecule has 3 aromatic rings. The second-order valence-electron chi connectivity index (χ2n) is 9.42. The summed E-state index contributed by atoms with van der Waals surface area (Å²) in [6, 6.07) is 9.37. The van der Waals surface area contributed by atoms with Gasteiger partial charge >= 0.3 is 0 Å². The van der Waals surface area contributed by atoms with E-state index in [0.717, 1.165) is 79.7 Å². The van der Waals surface area contributed by atoms with E-state index in [1.807, 2.05) is 6.92 Å². The van der Waals surface area contributed by atoms with Gasteiger partial charge in [-0.05, 0) is 71.0 Å². The Hall–Kier alpha value is -2.22. The van der Waals surface area contributed by atoms with Crippen LogP contribution in [0.5, 0.6) is 5.75 Å². The Morgan fingerprint density at radius 3 is 2.67 bits per heavy atom. The van der Waals surface area contributed by atoms with E-state index in [1.54, 1.807) is 11.3 Å². The summed E-state index contributed by atoms with van der Waals surface area (Å²) in [5.41, 5.74) is 2.64. The number of piperidine rings is 1. The van der Waals surface area contributed by atoms with E-state index >= 15 is 0 Å². The summed E-state index contributed by atoms with van der Waals surface area (Å²) in [4.78, 5) is 16.4. The molecule has 2 aromatic heterocycles. The van der Waals surface area contributed by atoms with E-state index in [4.69, 9.17) is 9.72 Å². The van der Waals surface area contributed by atoms with Gasteiger partial charge in [0.1, 0.15) is 22.2 Å². The zero-order valence-corrected chi connectivity index (χ0v) is 21.5. The third kappa shape index (κ3) is 6.22. The molecule has 1 fully saturated rings. The van der Waals surface area contributed by atoms with Gasteiger partial charge in [-0.1, -0.05) is 13.0 Å². The SMILES string of the molecule is CCCOc1ccc(CN2CCC(Nc3nc(C)nc4sc(C)cc34)CC2)cc1CN(C)C. The largest absolute Gasteiger partial charge is 0.493 e. The zero-order valence-electron chi connectivity index (χ0n) is 20.6. The number of rotatable bonds is 9. The van der Waals surface area contributed by atoms with Crippen LogP contribution in [0, 0.1) is 13.8 Å². The van der Waals surface area contributed by atoms with E-state index in [9.17, 15) is 0 Å². The molecule has 0 radical (unpaired) electrons. The van der Waals surface area contributed by atoms with Crippen molar-refractivity contribution in [1.29, 1.82) is 0 Å². The highest BCUT2D eigenvalue weighted by Crippen LogP contribution is 2.30. The average Bonchev–Trinajstić information content (AvgIpc) is 3.14. The van der Waals surface area contributed by atoms with Crippen LogP contribution in [-0.2, 0) is 13.1 Å². The zero-order chi connectivity index (χ0) is 23.4. The molecule has 0 spiro atoms. The maximum Gasteiger partial charge on any atom is 0.138 e. The summed E-state index contributed by atoms with van der Waals surface area (Å²) >= 11 is 1.74. The highest BCUT2D eigenvalue weighted by molar-refractivity contribution is 7.18. The van der Waals surface area contributed by atoms with Gasteiger partial charge in [-0.3, -0.25) is 4.90 Å². The summed E-state index contributed by atoms with van der Waals surface area (Å²) in [7, 11) is 4.22. The average molecular weight is 468 g/mol. The van der Waals surface area contributed by atoms with Crippen molar-refractivity contribution in [3.8, 4) is 5.75 Å². The maximum absolute atomic E-state index is 5.99. The summed E-state index contributed by atoms with van der Waals surface area (Å²) in [5.74, 6) is 2.85. The van der Waals surface area contributed by atoms with Gasteiger partial charge in [0.15, 0.2) is 0 Å². The van der Waals surface area contributed by atoms with Crippen LogP contribution in [-0.4, -0.2) is 59.6 Å². The molecule has 178 valence electrons. The number of thiophene rings is 1. The molecule has 0 amide bonds. The lowest BCUT2D eigenvalue weighted by molar-refractivity contribution is 0.211. The molecule has 7 heteroatoms.